The Hall–Kier alpha value is -4.34. The van der Waals surface area contributed by atoms with Gasteiger partial charge in [-0.1, -0.05) is 31.2 Å². The van der Waals surface area contributed by atoms with Gasteiger partial charge in [0.15, 0.2) is 5.58 Å². The lowest BCUT2D eigenvalue weighted by Crippen LogP contribution is -2.27. The number of hydrogen-bond donors (Lipinski definition) is 2. The van der Waals surface area contributed by atoms with E-state index in [4.69, 9.17) is 9.15 Å². The summed E-state index contributed by atoms with van der Waals surface area (Å²) < 4.78 is 13.1. The summed E-state index contributed by atoms with van der Waals surface area (Å²) in [5.74, 6) is -0.127. The van der Waals surface area contributed by atoms with Crippen LogP contribution in [-0.4, -0.2) is 47.2 Å². The van der Waals surface area contributed by atoms with Gasteiger partial charge in [-0.05, 0) is 42.4 Å². The highest BCUT2D eigenvalue weighted by Gasteiger charge is 2.20. The van der Waals surface area contributed by atoms with Crippen LogP contribution in [0.25, 0.3) is 44.5 Å². The number of nitrogens with zero attached hydrogens (tertiary/aromatic N) is 3. The van der Waals surface area contributed by atoms with E-state index in [2.05, 4.69) is 20.6 Å². The molecule has 0 bridgehead atoms. The SMILES string of the molecule is CCNCC(=O)Nc1ccc(-c2nc(=O)n(CCOC)c3c2oc2ccc(-c4cccnc4)cc23)cc1. The fraction of sp³-hybridized carbons (Fsp3) is 0.214. The van der Waals surface area contributed by atoms with Crippen molar-refractivity contribution in [2.24, 2.45) is 0 Å². The predicted molar refractivity (Wildman–Crippen MR) is 143 cm³/mol. The number of amides is 1. The molecule has 9 nitrogen and oxygen atoms in total. The van der Waals surface area contributed by atoms with Crippen LogP contribution in [0.15, 0.2) is 76.2 Å². The van der Waals surface area contributed by atoms with Gasteiger partial charge in [0.25, 0.3) is 0 Å². The number of methoxy groups -OCH3 is 1. The molecule has 2 N–H and O–H groups in total. The van der Waals surface area contributed by atoms with Crippen LogP contribution in [0.3, 0.4) is 0 Å². The lowest BCUT2D eigenvalue weighted by atomic mass is 10.0. The minimum atomic E-state index is -0.392. The summed E-state index contributed by atoms with van der Waals surface area (Å²) in [6.07, 6.45) is 3.53. The number of hydrogen-bond acceptors (Lipinski definition) is 7. The minimum Gasteiger partial charge on any atom is -0.452 e. The summed E-state index contributed by atoms with van der Waals surface area (Å²) >= 11 is 0. The molecule has 0 aliphatic carbocycles. The molecule has 3 heterocycles. The quantitative estimate of drug-likeness (QED) is 0.316. The molecule has 0 spiro atoms. The van der Waals surface area contributed by atoms with E-state index in [0.29, 0.717) is 53.3 Å². The molecule has 188 valence electrons. The second kappa shape index (κ2) is 10.7. The highest BCUT2D eigenvalue weighted by atomic mass is 16.5. The van der Waals surface area contributed by atoms with Gasteiger partial charge in [-0.2, -0.15) is 4.98 Å². The molecule has 0 atom stereocenters. The third-order valence-electron chi connectivity index (χ3n) is 6.08. The molecule has 2 aromatic carbocycles. The zero-order valence-corrected chi connectivity index (χ0v) is 20.7. The molecular weight excluding hydrogens is 470 g/mol. The first kappa shape index (κ1) is 24.4. The zero-order chi connectivity index (χ0) is 25.8. The Morgan fingerprint density at radius 1 is 1.08 bits per heavy atom. The maximum atomic E-state index is 13.2. The smallest absolute Gasteiger partial charge is 0.348 e. The normalized spacial score (nSPS) is 11.3. The number of nitrogens with one attached hydrogen (secondary N) is 2. The van der Waals surface area contributed by atoms with E-state index in [1.165, 1.54) is 0 Å². The molecule has 3 aromatic heterocycles. The van der Waals surface area contributed by atoms with Crippen molar-refractivity contribution in [3.8, 4) is 22.4 Å². The van der Waals surface area contributed by atoms with Gasteiger partial charge in [0, 0.05) is 41.7 Å². The monoisotopic (exact) mass is 497 g/mol. The number of ether oxygens (including phenoxy) is 1. The summed E-state index contributed by atoms with van der Waals surface area (Å²) in [6.45, 7) is 3.58. The fourth-order valence-corrected chi connectivity index (χ4v) is 4.27. The highest BCUT2D eigenvalue weighted by Crippen LogP contribution is 2.36. The van der Waals surface area contributed by atoms with Crippen LogP contribution in [0.1, 0.15) is 6.92 Å². The third kappa shape index (κ3) is 5.00. The summed E-state index contributed by atoms with van der Waals surface area (Å²) in [4.78, 5) is 33.9. The molecule has 0 saturated carbocycles. The lowest BCUT2D eigenvalue weighted by Gasteiger charge is -2.10. The summed E-state index contributed by atoms with van der Waals surface area (Å²) in [7, 11) is 1.59. The Balaban J connectivity index is 1.63. The van der Waals surface area contributed by atoms with Gasteiger partial charge >= 0.3 is 5.69 Å². The van der Waals surface area contributed by atoms with Crippen molar-refractivity contribution in [3.05, 3.63) is 77.5 Å². The molecule has 9 heteroatoms. The van der Waals surface area contributed by atoms with E-state index in [1.54, 1.807) is 36.2 Å². The summed E-state index contributed by atoms with van der Waals surface area (Å²) in [5, 5.41) is 6.65. The van der Waals surface area contributed by atoms with Crippen molar-refractivity contribution in [1.29, 1.82) is 0 Å². The van der Waals surface area contributed by atoms with Crippen LogP contribution in [0.2, 0.25) is 0 Å². The molecule has 0 aliphatic heterocycles. The largest absolute Gasteiger partial charge is 0.452 e. The van der Waals surface area contributed by atoms with Gasteiger partial charge in [0.2, 0.25) is 5.91 Å². The first-order chi connectivity index (χ1) is 18.1. The number of pyridine rings is 1. The standard InChI is InChI=1S/C28H27N5O4/c1-3-29-17-24(34)31-21-9-6-18(7-10-21)25-27-26(33(13-14-36-2)28(35)32-25)22-15-19(8-11-23(22)37-27)20-5-4-12-30-16-20/h4-12,15-16,29H,3,13-14,17H2,1-2H3,(H,31,34). The maximum absolute atomic E-state index is 13.2. The van der Waals surface area contributed by atoms with Crippen molar-refractivity contribution >= 4 is 33.7 Å². The van der Waals surface area contributed by atoms with E-state index >= 15 is 0 Å². The van der Waals surface area contributed by atoms with Crippen LogP contribution in [-0.2, 0) is 16.1 Å². The van der Waals surface area contributed by atoms with E-state index in [1.807, 2.05) is 49.4 Å². The number of likely N-dealkylation sites (N-methyl/N-ethyl adjacent to an activating group) is 1. The van der Waals surface area contributed by atoms with Gasteiger partial charge in [-0.3, -0.25) is 14.3 Å². The van der Waals surface area contributed by atoms with Gasteiger partial charge in [-0.25, -0.2) is 4.79 Å². The first-order valence-electron chi connectivity index (χ1n) is 12.1. The Morgan fingerprint density at radius 3 is 2.62 bits per heavy atom. The molecule has 0 fully saturated rings. The second-order valence-electron chi connectivity index (χ2n) is 8.53. The van der Waals surface area contributed by atoms with E-state index in [9.17, 15) is 9.59 Å². The first-order valence-corrected chi connectivity index (χ1v) is 12.1. The Morgan fingerprint density at radius 2 is 1.89 bits per heavy atom. The van der Waals surface area contributed by atoms with E-state index in [-0.39, 0.29) is 12.5 Å². The average molecular weight is 498 g/mol. The van der Waals surface area contributed by atoms with Gasteiger partial charge in [-0.15, -0.1) is 0 Å². The number of carbonyl (C=O) groups excluding carboxylic acids is 1. The van der Waals surface area contributed by atoms with Crippen LogP contribution < -0.4 is 16.3 Å². The number of fused-ring (bicyclic) bond motifs is 3. The van der Waals surface area contributed by atoms with E-state index < -0.39 is 5.69 Å². The maximum Gasteiger partial charge on any atom is 0.348 e. The molecule has 0 saturated heterocycles. The molecule has 0 aliphatic rings. The minimum absolute atomic E-state index is 0.127. The van der Waals surface area contributed by atoms with Crippen LogP contribution >= 0.6 is 0 Å². The van der Waals surface area contributed by atoms with Crippen molar-refractivity contribution < 1.29 is 13.9 Å². The van der Waals surface area contributed by atoms with Gasteiger partial charge in [0.1, 0.15) is 16.8 Å². The third-order valence-corrected chi connectivity index (χ3v) is 6.08. The Bertz CT molecular complexity index is 1610. The highest BCUT2D eigenvalue weighted by molar-refractivity contribution is 6.08. The number of carbonyl (C=O) groups is 1. The lowest BCUT2D eigenvalue weighted by molar-refractivity contribution is -0.115. The number of aromatic nitrogens is 3. The van der Waals surface area contributed by atoms with Crippen LogP contribution in [0, 0.1) is 0 Å². The van der Waals surface area contributed by atoms with Gasteiger partial charge in [0.05, 0.1) is 19.7 Å². The fourth-order valence-electron chi connectivity index (χ4n) is 4.27. The van der Waals surface area contributed by atoms with Crippen LogP contribution in [0.4, 0.5) is 5.69 Å². The number of benzene rings is 2. The van der Waals surface area contributed by atoms with Gasteiger partial charge < -0.3 is 19.8 Å². The van der Waals surface area contributed by atoms with Crippen molar-refractivity contribution in [3.63, 3.8) is 0 Å². The zero-order valence-electron chi connectivity index (χ0n) is 20.7. The van der Waals surface area contributed by atoms with Crippen molar-refractivity contribution in [1.82, 2.24) is 19.9 Å². The molecule has 0 radical (unpaired) electrons. The van der Waals surface area contributed by atoms with Crippen molar-refractivity contribution in [2.45, 2.75) is 13.5 Å². The summed E-state index contributed by atoms with van der Waals surface area (Å²) in [5.41, 5.74) is 5.16. The predicted octanol–water partition coefficient (Wildman–Crippen LogP) is 4.07. The Labute approximate surface area is 213 Å². The topological polar surface area (TPSA) is 111 Å². The number of anilines is 1. The van der Waals surface area contributed by atoms with Crippen LogP contribution in [0.5, 0.6) is 0 Å². The molecule has 0 unspecified atom stereocenters. The molecule has 1 amide bonds. The van der Waals surface area contributed by atoms with E-state index in [0.717, 1.165) is 16.5 Å². The molecular formula is C28H27N5O4. The second-order valence-corrected chi connectivity index (χ2v) is 8.53. The molecule has 5 rings (SSSR count). The Kier molecular flexibility index (Phi) is 7.07. The van der Waals surface area contributed by atoms with Crippen molar-refractivity contribution in [2.75, 3.05) is 32.1 Å². The molecule has 5 aromatic rings. The average Bonchev–Trinajstić information content (AvgIpc) is 3.31. The summed E-state index contributed by atoms with van der Waals surface area (Å²) in [6, 6.07) is 16.9. The number of rotatable bonds is 9. The molecule has 37 heavy (non-hydrogen) atoms. The number of furan rings is 1.